The number of rotatable bonds is 8. The molecule has 0 spiro atoms. The van der Waals surface area contributed by atoms with E-state index in [4.69, 9.17) is 11.6 Å². The summed E-state index contributed by atoms with van der Waals surface area (Å²) in [4.78, 5) is 0. The molecule has 0 bridgehead atoms. The highest BCUT2D eigenvalue weighted by Gasteiger charge is 2.35. The van der Waals surface area contributed by atoms with E-state index < -0.39 is 10.0 Å². The zero-order valence-corrected chi connectivity index (χ0v) is 10.9. The van der Waals surface area contributed by atoms with Gasteiger partial charge >= 0.3 is 0 Å². The first-order chi connectivity index (χ1) is 7.11. The fraction of sp³-hybridized carbons (Fsp3) is 1.00. The van der Waals surface area contributed by atoms with Crippen molar-refractivity contribution in [1.29, 1.82) is 0 Å². The van der Waals surface area contributed by atoms with Gasteiger partial charge in [0.15, 0.2) is 0 Å². The van der Waals surface area contributed by atoms with Crippen LogP contribution < -0.4 is 0 Å². The van der Waals surface area contributed by atoms with E-state index in [0.29, 0.717) is 18.8 Å². The van der Waals surface area contributed by atoms with Gasteiger partial charge in [-0.25, -0.2) is 8.42 Å². The second-order valence-electron chi connectivity index (χ2n) is 4.05. The normalized spacial score (nSPS) is 17.3. The smallest absolute Gasteiger partial charge is 0.212 e. The molecule has 15 heavy (non-hydrogen) atoms. The van der Waals surface area contributed by atoms with Gasteiger partial charge in [-0.2, -0.15) is 4.31 Å². The summed E-state index contributed by atoms with van der Waals surface area (Å²) in [6, 6.07) is 0.289. The number of hydrogen-bond acceptors (Lipinski definition) is 2. The van der Waals surface area contributed by atoms with Crippen LogP contribution >= 0.6 is 11.6 Å². The van der Waals surface area contributed by atoms with Crippen LogP contribution in [0.25, 0.3) is 0 Å². The first-order valence-electron chi connectivity index (χ1n) is 5.67. The molecule has 0 aliphatic heterocycles. The molecule has 0 N–H and O–H groups in total. The second kappa shape index (κ2) is 6.06. The van der Waals surface area contributed by atoms with Crippen LogP contribution in [0.2, 0.25) is 0 Å². The van der Waals surface area contributed by atoms with Crippen LogP contribution in [0.5, 0.6) is 0 Å². The Labute approximate surface area is 97.8 Å². The molecule has 0 heterocycles. The van der Waals surface area contributed by atoms with Crippen molar-refractivity contribution >= 4 is 21.6 Å². The standard InChI is InChI=1S/C10H20ClNO2S/c1-2-3-8-12(10-5-6-10)15(13,14)9-4-7-11/h10H,2-9H2,1H3. The summed E-state index contributed by atoms with van der Waals surface area (Å²) in [5.41, 5.74) is 0. The topological polar surface area (TPSA) is 37.4 Å². The van der Waals surface area contributed by atoms with Crippen LogP contribution in [0.1, 0.15) is 39.0 Å². The monoisotopic (exact) mass is 253 g/mol. The molecule has 0 aromatic carbocycles. The van der Waals surface area contributed by atoms with Crippen molar-refractivity contribution < 1.29 is 8.42 Å². The van der Waals surface area contributed by atoms with Crippen molar-refractivity contribution in [3.05, 3.63) is 0 Å². The van der Waals surface area contributed by atoms with Crippen LogP contribution in [-0.2, 0) is 10.0 Å². The third kappa shape index (κ3) is 4.29. The Kier molecular flexibility index (Phi) is 5.36. The van der Waals surface area contributed by atoms with Gasteiger partial charge in [0.25, 0.3) is 0 Å². The third-order valence-electron chi connectivity index (χ3n) is 2.58. The Morgan fingerprint density at radius 1 is 1.33 bits per heavy atom. The average molecular weight is 254 g/mol. The molecule has 0 saturated heterocycles. The molecule has 0 amide bonds. The zero-order chi connectivity index (χ0) is 11.3. The highest BCUT2D eigenvalue weighted by molar-refractivity contribution is 7.89. The lowest BCUT2D eigenvalue weighted by molar-refractivity contribution is 0.395. The van der Waals surface area contributed by atoms with Crippen molar-refractivity contribution in [2.45, 2.75) is 45.1 Å². The van der Waals surface area contributed by atoms with Gasteiger partial charge in [-0.3, -0.25) is 0 Å². The maximum Gasteiger partial charge on any atom is 0.214 e. The first kappa shape index (κ1) is 13.3. The van der Waals surface area contributed by atoms with Gasteiger partial charge in [0.1, 0.15) is 0 Å². The van der Waals surface area contributed by atoms with Crippen LogP contribution in [-0.4, -0.2) is 36.9 Å². The Morgan fingerprint density at radius 2 is 2.00 bits per heavy atom. The second-order valence-corrected chi connectivity index (χ2v) is 6.47. The van der Waals surface area contributed by atoms with Crippen molar-refractivity contribution in [2.24, 2.45) is 0 Å². The summed E-state index contributed by atoms with van der Waals surface area (Å²) in [6.45, 7) is 2.77. The fourth-order valence-electron chi connectivity index (χ4n) is 1.58. The molecule has 1 fully saturated rings. The van der Waals surface area contributed by atoms with E-state index >= 15 is 0 Å². The quantitative estimate of drug-likeness (QED) is 0.622. The van der Waals surface area contributed by atoms with E-state index in [-0.39, 0.29) is 11.8 Å². The minimum absolute atomic E-state index is 0.205. The molecule has 5 heteroatoms. The van der Waals surface area contributed by atoms with E-state index in [1.54, 1.807) is 4.31 Å². The maximum absolute atomic E-state index is 11.9. The van der Waals surface area contributed by atoms with E-state index in [2.05, 4.69) is 6.92 Å². The van der Waals surface area contributed by atoms with Gasteiger partial charge in [-0.1, -0.05) is 13.3 Å². The summed E-state index contributed by atoms with van der Waals surface area (Å²) in [5, 5.41) is 0. The molecule has 0 unspecified atom stereocenters. The molecule has 1 rings (SSSR count). The van der Waals surface area contributed by atoms with Crippen molar-refractivity contribution in [3.8, 4) is 0 Å². The fourth-order valence-corrected chi connectivity index (χ4v) is 3.69. The molecular weight excluding hydrogens is 234 g/mol. The molecule has 3 nitrogen and oxygen atoms in total. The molecular formula is C10H20ClNO2S. The summed E-state index contributed by atoms with van der Waals surface area (Å²) in [5.74, 6) is 0.627. The highest BCUT2D eigenvalue weighted by atomic mass is 35.5. The van der Waals surface area contributed by atoms with Crippen molar-refractivity contribution in [1.82, 2.24) is 4.31 Å². The van der Waals surface area contributed by atoms with Crippen LogP contribution in [0.3, 0.4) is 0 Å². The maximum atomic E-state index is 11.9. The highest BCUT2D eigenvalue weighted by Crippen LogP contribution is 2.29. The Hall–Kier alpha value is 0.200. The number of unbranched alkanes of at least 4 members (excludes halogenated alkanes) is 1. The SMILES string of the molecule is CCCCN(C1CC1)S(=O)(=O)CCCCl. The van der Waals surface area contributed by atoms with Gasteiger partial charge in [0.05, 0.1) is 5.75 Å². The molecule has 0 aromatic rings. The summed E-state index contributed by atoms with van der Waals surface area (Å²) in [6.07, 6.45) is 4.61. The lowest BCUT2D eigenvalue weighted by Gasteiger charge is -2.21. The van der Waals surface area contributed by atoms with Gasteiger partial charge in [-0.05, 0) is 25.7 Å². The molecule has 0 radical (unpaired) electrons. The largest absolute Gasteiger partial charge is 0.214 e. The molecule has 1 saturated carbocycles. The number of halogens is 1. The molecule has 90 valence electrons. The molecule has 1 aliphatic rings. The minimum Gasteiger partial charge on any atom is -0.212 e. The van der Waals surface area contributed by atoms with Crippen molar-refractivity contribution in [2.75, 3.05) is 18.2 Å². The summed E-state index contributed by atoms with van der Waals surface area (Å²) < 4.78 is 25.6. The van der Waals surface area contributed by atoms with E-state index in [9.17, 15) is 8.42 Å². The number of nitrogens with zero attached hydrogens (tertiary/aromatic N) is 1. The molecule has 0 atom stereocenters. The van der Waals surface area contributed by atoms with Gasteiger partial charge in [0, 0.05) is 18.5 Å². The predicted molar refractivity (Wildman–Crippen MR) is 63.8 cm³/mol. The molecule has 1 aliphatic carbocycles. The average Bonchev–Trinajstić information content (AvgIpc) is 2.99. The summed E-state index contributed by atoms with van der Waals surface area (Å²) >= 11 is 5.53. The zero-order valence-electron chi connectivity index (χ0n) is 9.28. The minimum atomic E-state index is -3.04. The van der Waals surface area contributed by atoms with Crippen molar-refractivity contribution in [3.63, 3.8) is 0 Å². The van der Waals surface area contributed by atoms with E-state index in [0.717, 1.165) is 25.7 Å². The van der Waals surface area contributed by atoms with Gasteiger partial charge in [0.2, 0.25) is 10.0 Å². The Morgan fingerprint density at radius 3 is 2.47 bits per heavy atom. The Balaban J connectivity index is 2.52. The lowest BCUT2D eigenvalue weighted by atomic mass is 10.3. The number of sulfonamides is 1. The summed E-state index contributed by atoms with van der Waals surface area (Å²) in [7, 11) is -3.04. The number of alkyl halides is 1. The third-order valence-corrected chi connectivity index (χ3v) is 4.85. The first-order valence-corrected chi connectivity index (χ1v) is 7.81. The van der Waals surface area contributed by atoms with E-state index in [1.807, 2.05) is 0 Å². The van der Waals surface area contributed by atoms with Crippen LogP contribution in [0.15, 0.2) is 0 Å². The van der Waals surface area contributed by atoms with Gasteiger partial charge < -0.3 is 0 Å². The molecule has 0 aromatic heterocycles. The van der Waals surface area contributed by atoms with Crippen LogP contribution in [0, 0.1) is 0 Å². The lowest BCUT2D eigenvalue weighted by Crippen LogP contribution is -2.35. The van der Waals surface area contributed by atoms with Gasteiger partial charge in [-0.15, -0.1) is 11.6 Å². The predicted octanol–water partition coefficient (Wildman–Crippen LogP) is 2.21. The van der Waals surface area contributed by atoms with Crippen LogP contribution in [0.4, 0.5) is 0 Å². The number of hydrogen-bond donors (Lipinski definition) is 0. The van der Waals surface area contributed by atoms with E-state index in [1.165, 1.54) is 0 Å². The Bertz CT molecular complexity index is 275.